The molecule has 1 atom stereocenters. The van der Waals surface area contributed by atoms with Gasteiger partial charge in [-0.25, -0.2) is 22.9 Å². The molecule has 2 aromatic heterocycles. The minimum absolute atomic E-state index is 0.00270. The molecule has 0 bridgehead atoms. The molecule has 1 aliphatic rings. The van der Waals surface area contributed by atoms with Crippen molar-refractivity contribution in [2.75, 3.05) is 11.9 Å². The van der Waals surface area contributed by atoms with E-state index in [4.69, 9.17) is 0 Å². The summed E-state index contributed by atoms with van der Waals surface area (Å²) in [6.07, 6.45) is 1.86. The number of urea groups is 1. The second-order valence-corrected chi connectivity index (χ2v) is 6.15. The van der Waals surface area contributed by atoms with Crippen molar-refractivity contribution in [3.63, 3.8) is 0 Å². The van der Waals surface area contributed by atoms with E-state index < -0.39 is 35.4 Å². The van der Waals surface area contributed by atoms with Gasteiger partial charge in [0.25, 0.3) is 0 Å². The predicted octanol–water partition coefficient (Wildman–Crippen LogP) is 2.43. The van der Waals surface area contributed by atoms with Crippen LogP contribution in [0.3, 0.4) is 0 Å². The van der Waals surface area contributed by atoms with E-state index >= 15 is 0 Å². The number of aromatic nitrogens is 2. The molecule has 0 radical (unpaired) electrons. The first-order valence-electron chi connectivity index (χ1n) is 8.06. The molecule has 0 saturated heterocycles. The average molecular weight is 379 g/mol. The van der Waals surface area contributed by atoms with E-state index in [9.17, 15) is 22.8 Å². The topological polar surface area (TPSA) is 87.2 Å². The highest BCUT2D eigenvalue weighted by molar-refractivity contribution is 5.94. The molecule has 2 aromatic rings. The van der Waals surface area contributed by atoms with Gasteiger partial charge in [0, 0.05) is 11.6 Å². The maximum Gasteiger partial charge on any atom is 0.323 e. The van der Waals surface area contributed by atoms with Crippen molar-refractivity contribution in [3.8, 4) is 0 Å². The largest absolute Gasteiger partial charge is 0.346 e. The molecule has 3 heterocycles. The van der Waals surface area contributed by atoms with Crippen LogP contribution < -0.4 is 10.6 Å². The average Bonchev–Trinajstić information content (AvgIpc) is 2.59. The molecule has 0 unspecified atom stereocenters. The molecule has 0 aromatic carbocycles. The van der Waals surface area contributed by atoms with Crippen LogP contribution in [0.2, 0.25) is 0 Å². The molecule has 0 fully saturated rings. The van der Waals surface area contributed by atoms with E-state index in [2.05, 4.69) is 20.6 Å². The van der Waals surface area contributed by atoms with Gasteiger partial charge in [-0.15, -0.1) is 0 Å². The lowest BCUT2D eigenvalue weighted by Crippen LogP contribution is -2.45. The monoisotopic (exact) mass is 379 g/mol. The van der Waals surface area contributed by atoms with Crippen LogP contribution in [0.4, 0.5) is 23.8 Å². The van der Waals surface area contributed by atoms with E-state index in [-0.39, 0.29) is 24.6 Å². The Morgan fingerprint density at radius 3 is 2.74 bits per heavy atom. The normalized spacial score (nSPS) is 14.4. The van der Waals surface area contributed by atoms with Crippen molar-refractivity contribution in [2.24, 2.45) is 0 Å². The lowest BCUT2D eigenvalue weighted by molar-refractivity contribution is -0.122. The molecule has 1 aliphatic heterocycles. The van der Waals surface area contributed by atoms with Crippen LogP contribution >= 0.6 is 0 Å². The van der Waals surface area contributed by atoms with Crippen molar-refractivity contribution < 1.29 is 22.8 Å². The zero-order valence-corrected chi connectivity index (χ0v) is 14.5. The van der Waals surface area contributed by atoms with Gasteiger partial charge in [-0.05, 0) is 19.4 Å². The van der Waals surface area contributed by atoms with Gasteiger partial charge in [-0.1, -0.05) is 0 Å². The van der Waals surface area contributed by atoms with Crippen LogP contribution in [0.5, 0.6) is 0 Å². The van der Waals surface area contributed by atoms with Gasteiger partial charge in [0.05, 0.1) is 30.7 Å². The molecule has 3 rings (SSSR count). The van der Waals surface area contributed by atoms with Crippen molar-refractivity contribution in [3.05, 3.63) is 52.7 Å². The van der Waals surface area contributed by atoms with Crippen molar-refractivity contribution in [1.82, 2.24) is 20.2 Å². The van der Waals surface area contributed by atoms with Gasteiger partial charge in [-0.2, -0.15) is 0 Å². The van der Waals surface area contributed by atoms with Crippen LogP contribution in [-0.2, 0) is 11.3 Å². The second kappa shape index (κ2) is 7.22. The number of nitrogens with zero attached hydrogens (tertiary/aromatic N) is 3. The third-order valence-electron chi connectivity index (χ3n) is 4.22. The molecule has 2 N–H and O–H groups in total. The highest BCUT2D eigenvalue weighted by Gasteiger charge is 2.28. The van der Waals surface area contributed by atoms with E-state index in [1.165, 1.54) is 11.8 Å². The number of rotatable bonds is 4. The molecule has 7 nitrogen and oxygen atoms in total. The number of amides is 3. The number of hydrogen-bond acceptors (Lipinski definition) is 4. The summed E-state index contributed by atoms with van der Waals surface area (Å²) >= 11 is 0. The summed E-state index contributed by atoms with van der Waals surface area (Å²) in [5, 5.41) is 5.00. The smallest absolute Gasteiger partial charge is 0.323 e. The third-order valence-corrected chi connectivity index (χ3v) is 4.22. The number of carbonyl (C=O) groups is 2. The zero-order valence-electron chi connectivity index (χ0n) is 14.5. The van der Waals surface area contributed by atoms with Crippen LogP contribution in [0, 0.1) is 24.4 Å². The fourth-order valence-electron chi connectivity index (χ4n) is 2.76. The maximum absolute atomic E-state index is 13.7. The Morgan fingerprint density at radius 2 is 2.04 bits per heavy atom. The standard InChI is InChI=1S/C17H16F3N5O2/c1-8-11-6-25(17(27)24-16(11)22-5-13(8)20)7-14(26)23-9(2)15-12(19)3-10(18)4-21-15/h3-5,9H,6-7H2,1-2H3,(H,23,26)(H,22,24,27)/t9-/m1/s1. The van der Waals surface area contributed by atoms with Gasteiger partial charge in [0.15, 0.2) is 0 Å². The summed E-state index contributed by atoms with van der Waals surface area (Å²) in [5.41, 5.74) is 0.679. The summed E-state index contributed by atoms with van der Waals surface area (Å²) in [6.45, 7) is 2.70. The van der Waals surface area contributed by atoms with Crippen LogP contribution in [-0.4, -0.2) is 33.4 Å². The van der Waals surface area contributed by atoms with Crippen LogP contribution in [0.1, 0.15) is 29.8 Å². The van der Waals surface area contributed by atoms with Crippen LogP contribution in [0.25, 0.3) is 0 Å². The number of nitrogens with one attached hydrogen (secondary N) is 2. The number of fused-ring (bicyclic) bond motifs is 1. The first-order chi connectivity index (χ1) is 12.8. The summed E-state index contributed by atoms with van der Waals surface area (Å²) in [7, 11) is 0. The van der Waals surface area contributed by atoms with E-state index in [1.807, 2.05) is 0 Å². The van der Waals surface area contributed by atoms with Crippen LogP contribution in [0.15, 0.2) is 18.5 Å². The Labute approximate surface area is 152 Å². The van der Waals surface area contributed by atoms with Crippen molar-refractivity contribution >= 4 is 17.8 Å². The lowest BCUT2D eigenvalue weighted by atomic mass is 10.1. The first kappa shape index (κ1) is 18.6. The summed E-state index contributed by atoms with van der Waals surface area (Å²) in [6, 6.07) is -0.724. The number of halogens is 3. The Bertz CT molecular complexity index is 922. The quantitative estimate of drug-likeness (QED) is 0.854. The summed E-state index contributed by atoms with van der Waals surface area (Å²) in [4.78, 5) is 33.0. The Kier molecular flexibility index (Phi) is 4.98. The fourth-order valence-corrected chi connectivity index (χ4v) is 2.76. The number of anilines is 1. The van der Waals surface area contributed by atoms with Gasteiger partial charge >= 0.3 is 6.03 Å². The molecule has 27 heavy (non-hydrogen) atoms. The van der Waals surface area contributed by atoms with E-state index in [0.717, 1.165) is 12.4 Å². The van der Waals surface area contributed by atoms with Gasteiger partial charge in [-0.3, -0.25) is 15.1 Å². The Hall–Kier alpha value is -3.17. The summed E-state index contributed by atoms with van der Waals surface area (Å²) < 4.78 is 40.4. The highest BCUT2D eigenvalue weighted by Crippen LogP contribution is 2.25. The molecule has 0 spiro atoms. The van der Waals surface area contributed by atoms with Gasteiger partial charge in [0.1, 0.15) is 29.8 Å². The minimum atomic E-state index is -0.885. The lowest BCUT2D eigenvalue weighted by Gasteiger charge is -2.29. The third kappa shape index (κ3) is 3.83. The van der Waals surface area contributed by atoms with E-state index in [0.29, 0.717) is 17.2 Å². The SMILES string of the molecule is Cc1c(F)cnc2c1CN(CC(=O)N[C@H](C)c1ncc(F)cc1F)C(=O)N2. The Morgan fingerprint density at radius 1 is 1.30 bits per heavy atom. The van der Waals surface area contributed by atoms with Crippen molar-refractivity contribution in [2.45, 2.75) is 26.4 Å². The fraction of sp³-hybridized carbons (Fsp3) is 0.294. The minimum Gasteiger partial charge on any atom is -0.346 e. The molecule has 0 saturated carbocycles. The molecule has 0 aliphatic carbocycles. The Balaban J connectivity index is 1.68. The van der Waals surface area contributed by atoms with Gasteiger partial charge in [0.2, 0.25) is 5.91 Å². The van der Waals surface area contributed by atoms with Crippen molar-refractivity contribution in [1.29, 1.82) is 0 Å². The highest BCUT2D eigenvalue weighted by atomic mass is 19.1. The maximum atomic E-state index is 13.7. The number of pyridine rings is 2. The zero-order chi connectivity index (χ0) is 19.7. The van der Waals surface area contributed by atoms with E-state index in [1.54, 1.807) is 6.92 Å². The summed E-state index contributed by atoms with van der Waals surface area (Å²) in [5.74, 6) is -2.55. The second-order valence-electron chi connectivity index (χ2n) is 6.15. The van der Waals surface area contributed by atoms with Gasteiger partial charge < -0.3 is 10.2 Å². The first-order valence-corrected chi connectivity index (χ1v) is 8.06. The molecule has 3 amide bonds. The molecular weight excluding hydrogens is 363 g/mol. The molecule has 142 valence electrons. The number of carbonyl (C=O) groups excluding carboxylic acids is 2. The number of hydrogen-bond donors (Lipinski definition) is 2. The molecular formula is C17H16F3N5O2. The molecule has 10 heteroatoms. The predicted molar refractivity (Wildman–Crippen MR) is 89.1 cm³/mol.